The minimum absolute atomic E-state index is 0.143. The van der Waals surface area contributed by atoms with E-state index in [9.17, 15) is 14.7 Å². The van der Waals surface area contributed by atoms with Crippen LogP contribution in [0.2, 0.25) is 0 Å². The minimum atomic E-state index is -1.06. The molecule has 0 aliphatic rings. The van der Waals surface area contributed by atoms with Gasteiger partial charge in [0.15, 0.2) is 0 Å². The van der Waals surface area contributed by atoms with Gasteiger partial charge in [-0.3, -0.25) is 0 Å². The van der Waals surface area contributed by atoms with Gasteiger partial charge in [-0.15, -0.1) is 0 Å². The number of hydrogen-bond donors (Lipinski definition) is 2. The van der Waals surface area contributed by atoms with E-state index in [1.807, 2.05) is 68.4 Å². The van der Waals surface area contributed by atoms with E-state index in [1.165, 1.54) is 0 Å². The first-order valence-corrected chi connectivity index (χ1v) is 9.07. The van der Waals surface area contributed by atoms with Gasteiger partial charge in [-0.1, -0.05) is 68.4 Å². The molecule has 144 valence electrons. The highest BCUT2D eigenvalue weighted by atomic mass is 16.6. The predicted molar refractivity (Wildman–Crippen MR) is 105 cm³/mol. The van der Waals surface area contributed by atoms with E-state index in [1.54, 1.807) is 13.8 Å². The van der Waals surface area contributed by atoms with Crippen molar-refractivity contribution < 1.29 is 19.4 Å². The normalized spacial score (nSPS) is 12.5. The second kappa shape index (κ2) is 8.71. The van der Waals surface area contributed by atoms with Gasteiger partial charge in [-0.05, 0) is 42.9 Å². The highest BCUT2D eigenvalue weighted by Crippen LogP contribution is 2.28. The van der Waals surface area contributed by atoms with Crippen LogP contribution in [0.5, 0.6) is 0 Å². The van der Waals surface area contributed by atoms with E-state index in [2.05, 4.69) is 5.32 Å². The van der Waals surface area contributed by atoms with E-state index >= 15 is 0 Å². The number of aliphatic carboxylic acids is 1. The molecule has 0 aliphatic heterocycles. The van der Waals surface area contributed by atoms with Crippen LogP contribution in [-0.4, -0.2) is 23.2 Å². The zero-order chi connectivity index (χ0) is 20.0. The summed E-state index contributed by atoms with van der Waals surface area (Å²) >= 11 is 0. The first-order chi connectivity index (χ1) is 12.7. The van der Waals surface area contributed by atoms with E-state index in [0.717, 1.165) is 16.7 Å². The number of amides is 1. The van der Waals surface area contributed by atoms with Crippen molar-refractivity contribution in [2.45, 2.75) is 45.8 Å². The molecular formula is C22H27NO4. The summed E-state index contributed by atoms with van der Waals surface area (Å²) in [4.78, 5) is 23.5. The molecule has 1 amide bonds. The van der Waals surface area contributed by atoms with Crippen molar-refractivity contribution in [3.8, 4) is 11.1 Å². The maximum absolute atomic E-state index is 12.2. The molecule has 0 aromatic heterocycles. The van der Waals surface area contributed by atoms with Crippen LogP contribution in [0.25, 0.3) is 11.1 Å². The quantitative estimate of drug-likeness (QED) is 0.734. The Hall–Kier alpha value is -2.82. The fourth-order valence-corrected chi connectivity index (χ4v) is 2.85. The average molecular weight is 369 g/mol. The molecule has 5 heteroatoms. The molecule has 0 fully saturated rings. The third-order valence-corrected chi connectivity index (χ3v) is 4.33. The number of ether oxygens (including phenoxy) is 1. The number of nitrogens with one attached hydrogen (secondary N) is 1. The fraction of sp³-hybridized carbons (Fsp3) is 0.364. The average Bonchev–Trinajstić information content (AvgIpc) is 2.61. The molecule has 0 radical (unpaired) electrons. The Morgan fingerprint density at radius 1 is 1.00 bits per heavy atom. The molecule has 0 aliphatic carbocycles. The fourth-order valence-electron chi connectivity index (χ4n) is 2.85. The molecule has 0 saturated heterocycles. The van der Waals surface area contributed by atoms with Gasteiger partial charge in [-0.25, -0.2) is 9.59 Å². The Kier molecular flexibility index (Phi) is 6.61. The van der Waals surface area contributed by atoms with E-state index in [4.69, 9.17) is 4.74 Å². The summed E-state index contributed by atoms with van der Waals surface area (Å²) in [6.45, 7) is 7.37. The van der Waals surface area contributed by atoms with Crippen molar-refractivity contribution in [1.82, 2.24) is 5.32 Å². The van der Waals surface area contributed by atoms with Gasteiger partial charge in [-0.2, -0.15) is 0 Å². The van der Waals surface area contributed by atoms with E-state index < -0.39 is 23.7 Å². The van der Waals surface area contributed by atoms with E-state index in [-0.39, 0.29) is 5.92 Å². The maximum Gasteiger partial charge on any atom is 0.408 e. The highest BCUT2D eigenvalue weighted by molar-refractivity contribution is 5.80. The van der Waals surface area contributed by atoms with Crippen molar-refractivity contribution in [3.05, 3.63) is 60.2 Å². The standard InChI is InChI=1S/C22H27NO4/c1-15(2)14-19(20(24)25)23-21(26)27-22(3,4)18-12-10-17(11-13-18)16-8-6-5-7-9-16/h5-13,15,19H,14H2,1-4H3,(H,23,26)(H,24,25)/t19-/m0/s1. The van der Waals surface area contributed by atoms with E-state index in [0.29, 0.717) is 6.42 Å². The SMILES string of the molecule is CC(C)C[C@H](NC(=O)OC(C)(C)c1ccc(-c2ccccc2)cc1)C(=O)O. The summed E-state index contributed by atoms with van der Waals surface area (Å²) in [5.41, 5.74) is 2.12. The number of carboxylic acid groups (broad SMARTS) is 1. The predicted octanol–water partition coefficient (Wildman–Crippen LogP) is 4.81. The van der Waals surface area contributed by atoms with Crippen LogP contribution in [0.15, 0.2) is 54.6 Å². The van der Waals surface area contributed by atoms with Crippen molar-refractivity contribution in [1.29, 1.82) is 0 Å². The van der Waals surface area contributed by atoms with Crippen molar-refractivity contribution in [3.63, 3.8) is 0 Å². The molecule has 1 atom stereocenters. The number of carbonyl (C=O) groups excluding carboxylic acids is 1. The van der Waals surface area contributed by atoms with Gasteiger partial charge in [0.25, 0.3) is 0 Å². The van der Waals surface area contributed by atoms with Gasteiger partial charge < -0.3 is 15.2 Å². The minimum Gasteiger partial charge on any atom is -0.480 e. The van der Waals surface area contributed by atoms with Crippen LogP contribution < -0.4 is 5.32 Å². The number of carboxylic acids is 1. The van der Waals surface area contributed by atoms with Crippen LogP contribution in [0.1, 0.15) is 39.7 Å². The summed E-state index contributed by atoms with van der Waals surface area (Å²) in [6, 6.07) is 16.8. The molecule has 0 unspecified atom stereocenters. The van der Waals surface area contributed by atoms with Crippen molar-refractivity contribution in [2.75, 3.05) is 0 Å². The number of hydrogen-bond acceptors (Lipinski definition) is 3. The zero-order valence-corrected chi connectivity index (χ0v) is 16.2. The molecule has 0 saturated carbocycles. The Morgan fingerprint density at radius 3 is 2.07 bits per heavy atom. The number of alkyl carbamates (subject to hydrolysis) is 1. The molecule has 27 heavy (non-hydrogen) atoms. The number of carbonyl (C=O) groups is 2. The Balaban J connectivity index is 2.06. The summed E-state index contributed by atoms with van der Waals surface area (Å²) in [7, 11) is 0. The van der Waals surface area contributed by atoms with Crippen LogP contribution in [-0.2, 0) is 15.1 Å². The molecule has 0 heterocycles. The first kappa shape index (κ1) is 20.5. The summed E-state index contributed by atoms with van der Waals surface area (Å²) in [5, 5.41) is 11.7. The molecule has 2 N–H and O–H groups in total. The molecule has 2 aromatic rings. The van der Waals surface area contributed by atoms with Gasteiger partial charge in [0, 0.05) is 0 Å². The summed E-state index contributed by atoms with van der Waals surface area (Å²) < 4.78 is 5.52. The van der Waals surface area contributed by atoms with Crippen LogP contribution in [0.3, 0.4) is 0 Å². The molecule has 2 rings (SSSR count). The van der Waals surface area contributed by atoms with Crippen molar-refractivity contribution >= 4 is 12.1 Å². The lowest BCUT2D eigenvalue weighted by Gasteiger charge is -2.27. The lowest BCUT2D eigenvalue weighted by Crippen LogP contribution is -2.44. The molecule has 0 bridgehead atoms. The lowest BCUT2D eigenvalue weighted by molar-refractivity contribution is -0.139. The second-order valence-corrected chi connectivity index (χ2v) is 7.51. The first-order valence-electron chi connectivity index (χ1n) is 9.07. The largest absolute Gasteiger partial charge is 0.480 e. The maximum atomic E-state index is 12.2. The lowest BCUT2D eigenvalue weighted by atomic mass is 9.95. The van der Waals surface area contributed by atoms with Gasteiger partial charge in [0.2, 0.25) is 0 Å². The molecular weight excluding hydrogens is 342 g/mol. The summed E-state index contributed by atoms with van der Waals surface area (Å²) in [5.74, 6) is -0.921. The Morgan fingerprint density at radius 2 is 1.56 bits per heavy atom. The second-order valence-electron chi connectivity index (χ2n) is 7.51. The molecule has 2 aromatic carbocycles. The number of rotatable bonds is 7. The number of benzene rings is 2. The molecule has 5 nitrogen and oxygen atoms in total. The van der Waals surface area contributed by atoms with Gasteiger partial charge >= 0.3 is 12.1 Å². The monoisotopic (exact) mass is 369 g/mol. The third-order valence-electron chi connectivity index (χ3n) is 4.33. The molecule has 0 spiro atoms. The van der Waals surface area contributed by atoms with Gasteiger partial charge in [0.1, 0.15) is 11.6 Å². The Labute approximate surface area is 160 Å². The van der Waals surface area contributed by atoms with Crippen molar-refractivity contribution in [2.24, 2.45) is 5.92 Å². The smallest absolute Gasteiger partial charge is 0.408 e. The zero-order valence-electron chi connectivity index (χ0n) is 16.2. The topological polar surface area (TPSA) is 75.6 Å². The van der Waals surface area contributed by atoms with Crippen LogP contribution >= 0.6 is 0 Å². The Bertz CT molecular complexity index is 767. The van der Waals surface area contributed by atoms with Gasteiger partial charge in [0.05, 0.1) is 0 Å². The highest BCUT2D eigenvalue weighted by Gasteiger charge is 2.28. The van der Waals surface area contributed by atoms with Crippen LogP contribution in [0.4, 0.5) is 4.79 Å². The summed E-state index contributed by atoms with van der Waals surface area (Å²) in [6.07, 6.45) is -0.392. The van der Waals surface area contributed by atoms with Crippen LogP contribution in [0, 0.1) is 5.92 Å². The third kappa shape index (κ3) is 5.84.